The summed E-state index contributed by atoms with van der Waals surface area (Å²) in [5.41, 5.74) is 1.08. The number of nitrogens with zero attached hydrogens (tertiary/aromatic N) is 3. The average Bonchev–Trinajstić information content (AvgIpc) is 2.63. The second-order valence-electron chi connectivity index (χ2n) is 7.59. The molecule has 1 N–H and O–H groups in total. The van der Waals surface area contributed by atoms with E-state index in [0.717, 1.165) is 17.7 Å². The molecule has 0 saturated carbocycles. The lowest BCUT2D eigenvalue weighted by Crippen LogP contribution is -2.47. The van der Waals surface area contributed by atoms with E-state index in [-0.39, 0.29) is 17.0 Å². The largest absolute Gasteiger partial charge is 0.313 e. The zero-order valence-electron chi connectivity index (χ0n) is 14.5. The second-order valence-corrected chi connectivity index (χ2v) is 8.40. The fourth-order valence-corrected chi connectivity index (χ4v) is 3.93. The van der Waals surface area contributed by atoms with Crippen molar-refractivity contribution in [1.29, 1.82) is 5.26 Å². The first kappa shape index (κ1) is 19.2. The molecule has 0 spiro atoms. The monoisotopic (exact) mass is 367 g/mol. The van der Waals surface area contributed by atoms with Crippen LogP contribution in [0.25, 0.3) is 0 Å². The summed E-state index contributed by atoms with van der Waals surface area (Å²) in [6, 6.07) is 5.45. The molecule has 1 aromatic carbocycles. The first-order chi connectivity index (χ1) is 11.1. The summed E-state index contributed by atoms with van der Waals surface area (Å²) < 4.78 is 0. The van der Waals surface area contributed by atoms with Gasteiger partial charge in [-0.15, -0.1) is 0 Å². The maximum atomic E-state index is 10.5. The lowest BCUT2D eigenvalue weighted by molar-refractivity contribution is -0.196. The number of rotatable bonds is 4. The number of halogens is 2. The van der Waals surface area contributed by atoms with Gasteiger partial charge in [0.2, 0.25) is 6.19 Å². The zero-order valence-corrected chi connectivity index (χ0v) is 16.0. The normalized spacial score (nSPS) is 23.2. The Morgan fingerprint density at radius 1 is 1.33 bits per heavy atom. The molecule has 0 bridgehead atoms. The van der Waals surface area contributed by atoms with Gasteiger partial charge in [0.1, 0.15) is 0 Å². The molecule has 0 radical (unpaired) electrons. The van der Waals surface area contributed by atoms with E-state index in [1.54, 1.807) is 12.1 Å². The van der Waals surface area contributed by atoms with E-state index in [9.17, 15) is 5.21 Å². The lowest BCUT2D eigenvalue weighted by atomic mass is 9.82. The molecular weight excluding hydrogens is 345 g/mol. The van der Waals surface area contributed by atoms with E-state index < -0.39 is 0 Å². The summed E-state index contributed by atoms with van der Waals surface area (Å²) in [7, 11) is 0. The molecular formula is C18H23Cl2N3O. The Hall–Kier alpha value is -1.12. The molecule has 1 unspecified atom stereocenters. The van der Waals surface area contributed by atoms with Crippen molar-refractivity contribution in [2.24, 2.45) is 10.9 Å². The molecule has 1 atom stereocenters. The fraction of sp³-hybridized carbons (Fsp3) is 0.556. The van der Waals surface area contributed by atoms with Gasteiger partial charge in [0.15, 0.2) is 0 Å². The Kier molecular flexibility index (Phi) is 5.61. The minimum absolute atomic E-state index is 0.201. The summed E-state index contributed by atoms with van der Waals surface area (Å²) in [5.74, 6) is 0.201. The van der Waals surface area contributed by atoms with E-state index >= 15 is 0 Å². The molecule has 2 rings (SSSR count). The molecule has 1 fully saturated rings. The molecule has 1 aliphatic rings. The molecule has 0 aliphatic carbocycles. The zero-order chi connectivity index (χ0) is 18.1. The molecule has 0 amide bonds. The summed E-state index contributed by atoms with van der Waals surface area (Å²) in [5, 5.41) is 21.9. The van der Waals surface area contributed by atoms with Gasteiger partial charge in [0.05, 0.1) is 10.0 Å². The Balaban J connectivity index is 2.19. The SMILES string of the molecule is CC1(C)CC(CC(Cc2ccc(Cl)c(Cl)c2)=NC#N)C(C)(C)N1O. The Morgan fingerprint density at radius 3 is 2.50 bits per heavy atom. The van der Waals surface area contributed by atoms with Gasteiger partial charge in [-0.05, 0) is 64.2 Å². The van der Waals surface area contributed by atoms with Crippen molar-refractivity contribution in [3.63, 3.8) is 0 Å². The number of nitriles is 1. The van der Waals surface area contributed by atoms with E-state index in [4.69, 9.17) is 28.5 Å². The van der Waals surface area contributed by atoms with Gasteiger partial charge in [0.25, 0.3) is 0 Å². The molecule has 6 heteroatoms. The van der Waals surface area contributed by atoms with Gasteiger partial charge in [-0.1, -0.05) is 29.3 Å². The fourth-order valence-electron chi connectivity index (χ4n) is 3.61. The van der Waals surface area contributed by atoms with Gasteiger partial charge >= 0.3 is 0 Å². The molecule has 1 aliphatic heterocycles. The molecule has 0 aromatic heterocycles. The van der Waals surface area contributed by atoms with Gasteiger partial charge in [-0.2, -0.15) is 15.3 Å². The van der Waals surface area contributed by atoms with Gasteiger partial charge in [-0.25, -0.2) is 0 Å². The first-order valence-corrected chi connectivity index (χ1v) is 8.71. The standard InChI is InChI=1S/C18H23Cl2N3O/c1-17(2)10-13(18(3,4)23(17)24)9-14(22-11-21)7-12-5-6-15(19)16(20)8-12/h5-6,8,13,24H,7,9-10H2,1-4H3. The van der Waals surface area contributed by atoms with Crippen molar-refractivity contribution in [2.45, 2.75) is 58.0 Å². The van der Waals surface area contributed by atoms with Crippen LogP contribution < -0.4 is 0 Å². The van der Waals surface area contributed by atoms with E-state index in [1.807, 2.05) is 40.0 Å². The highest BCUT2D eigenvalue weighted by molar-refractivity contribution is 6.42. The number of aliphatic imine (C=N–C) groups is 1. The summed E-state index contributed by atoms with van der Waals surface area (Å²) in [6.45, 7) is 8.09. The van der Waals surface area contributed by atoms with Crippen LogP contribution in [0.5, 0.6) is 0 Å². The maximum Gasteiger partial charge on any atom is 0.205 e. The van der Waals surface area contributed by atoms with Crippen molar-refractivity contribution in [3.8, 4) is 6.19 Å². The van der Waals surface area contributed by atoms with Crippen LogP contribution in [0.2, 0.25) is 10.0 Å². The van der Waals surface area contributed by atoms with Crippen LogP contribution in [0.3, 0.4) is 0 Å². The lowest BCUT2D eigenvalue weighted by Gasteiger charge is -2.36. The van der Waals surface area contributed by atoms with Crippen LogP contribution in [0, 0.1) is 17.4 Å². The molecule has 130 valence electrons. The highest BCUT2D eigenvalue weighted by Gasteiger charge is 2.51. The number of hydrogen-bond acceptors (Lipinski definition) is 4. The number of hydrogen-bond donors (Lipinski definition) is 1. The highest BCUT2D eigenvalue weighted by Crippen LogP contribution is 2.45. The third-order valence-corrected chi connectivity index (χ3v) is 5.69. The van der Waals surface area contributed by atoms with Crippen LogP contribution in [0.1, 0.15) is 46.1 Å². The van der Waals surface area contributed by atoms with Crippen molar-refractivity contribution in [3.05, 3.63) is 33.8 Å². The minimum atomic E-state index is -0.378. The Morgan fingerprint density at radius 2 is 2.00 bits per heavy atom. The van der Waals surface area contributed by atoms with Gasteiger partial charge in [-0.3, -0.25) is 0 Å². The first-order valence-electron chi connectivity index (χ1n) is 7.95. The van der Waals surface area contributed by atoms with Crippen LogP contribution >= 0.6 is 23.2 Å². The van der Waals surface area contributed by atoms with Crippen molar-refractivity contribution in [1.82, 2.24) is 5.06 Å². The average molecular weight is 368 g/mol. The molecule has 1 aromatic rings. The van der Waals surface area contributed by atoms with Gasteiger partial charge in [0, 0.05) is 23.2 Å². The van der Waals surface area contributed by atoms with Crippen molar-refractivity contribution in [2.75, 3.05) is 0 Å². The molecule has 1 saturated heterocycles. The third kappa shape index (κ3) is 3.92. The Bertz CT molecular complexity index is 692. The number of hydroxylamine groups is 2. The predicted octanol–water partition coefficient (Wildman–Crippen LogP) is 5.12. The van der Waals surface area contributed by atoms with E-state index in [0.29, 0.717) is 22.9 Å². The van der Waals surface area contributed by atoms with Crippen molar-refractivity contribution >= 4 is 28.9 Å². The topological polar surface area (TPSA) is 59.6 Å². The summed E-state index contributed by atoms with van der Waals surface area (Å²) in [4.78, 5) is 4.02. The Labute approximate surface area is 153 Å². The molecule has 24 heavy (non-hydrogen) atoms. The molecule has 4 nitrogen and oxygen atoms in total. The predicted molar refractivity (Wildman–Crippen MR) is 97.7 cm³/mol. The van der Waals surface area contributed by atoms with Crippen LogP contribution in [-0.4, -0.2) is 27.1 Å². The minimum Gasteiger partial charge on any atom is -0.313 e. The third-order valence-electron chi connectivity index (χ3n) is 4.95. The van der Waals surface area contributed by atoms with E-state index in [1.165, 1.54) is 5.06 Å². The van der Waals surface area contributed by atoms with Crippen LogP contribution in [0.4, 0.5) is 0 Å². The molecule has 1 heterocycles. The highest BCUT2D eigenvalue weighted by atomic mass is 35.5. The summed E-state index contributed by atoms with van der Waals surface area (Å²) >= 11 is 12.0. The van der Waals surface area contributed by atoms with Gasteiger partial charge < -0.3 is 5.21 Å². The second kappa shape index (κ2) is 7.01. The van der Waals surface area contributed by atoms with E-state index in [2.05, 4.69) is 4.99 Å². The smallest absolute Gasteiger partial charge is 0.205 e. The maximum absolute atomic E-state index is 10.5. The summed E-state index contributed by atoms with van der Waals surface area (Å²) in [6.07, 6.45) is 3.93. The van der Waals surface area contributed by atoms with Crippen LogP contribution in [0.15, 0.2) is 23.2 Å². The van der Waals surface area contributed by atoms with Crippen molar-refractivity contribution < 1.29 is 5.21 Å². The number of benzene rings is 1. The quantitative estimate of drug-likeness (QED) is 0.593. The van der Waals surface area contributed by atoms with Crippen LogP contribution in [-0.2, 0) is 6.42 Å².